The molecule has 2 aromatic rings. The molecule has 2 rings (SSSR count). The van der Waals surface area contributed by atoms with Gasteiger partial charge in [0.2, 0.25) is 0 Å². The smallest absolute Gasteiger partial charge is 0.183 e. The minimum atomic E-state index is 0.259. The monoisotopic (exact) mass is 275 g/mol. The highest BCUT2D eigenvalue weighted by molar-refractivity contribution is 7.14. The Bertz CT molecular complexity index is 523. The lowest BCUT2D eigenvalue weighted by Crippen LogP contribution is -2.18. The topological polar surface area (TPSA) is 50.9 Å². The van der Waals surface area contributed by atoms with Crippen molar-refractivity contribution in [2.24, 2.45) is 11.1 Å². The average Bonchev–Trinajstić information content (AvgIpc) is 2.84. The molecule has 3 N–H and O–H groups in total. The van der Waals surface area contributed by atoms with Gasteiger partial charge in [-0.15, -0.1) is 11.3 Å². The normalized spacial score (nSPS) is 11.6. The molecule has 0 spiro atoms. The highest BCUT2D eigenvalue weighted by Gasteiger charge is 2.11. The molecule has 3 nitrogen and oxygen atoms in total. The second-order valence-corrected chi connectivity index (χ2v) is 6.71. The van der Waals surface area contributed by atoms with Gasteiger partial charge in [0.05, 0.1) is 5.69 Å². The van der Waals surface area contributed by atoms with Crippen molar-refractivity contribution in [3.05, 3.63) is 35.2 Å². The maximum atomic E-state index is 5.60. The lowest BCUT2D eigenvalue weighted by molar-refractivity contribution is 0.443. The summed E-state index contributed by atoms with van der Waals surface area (Å²) in [5, 5.41) is 6.45. The number of aromatic nitrogens is 1. The molecule has 0 unspecified atom stereocenters. The molecule has 0 bridgehead atoms. The van der Waals surface area contributed by atoms with Crippen LogP contribution in [0.5, 0.6) is 0 Å². The summed E-state index contributed by atoms with van der Waals surface area (Å²) in [4.78, 5) is 4.62. The number of nitrogens with zero attached hydrogens (tertiary/aromatic N) is 1. The standard InChI is InChI=1S/C15H21N3S/c1-15(2,3)10-17-14-18-13(9-19-14)12-6-4-11(8-16)5-7-12/h4-7,9H,8,10,16H2,1-3H3,(H,17,18). The maximum Gasteiger partial charge on any atom is 0.183 e. The van der Waals surface area contributed by atoms with Crippen LogP contribution in [0.4, 0.5) is 5.13 Å². The van der Waals surface area contributed by atoms with Gasteiger partial charge >= 0.3 is 0 Å². The molecule has 4 heteroatoms. The Hall–Kier alpha value is -1.39. The van der Waals surface area contributed by atoms with Gasteiger partial charge in [0, 0.05) is 24.0 Å². The quantitative estimate of drug-likeness (QED) is 0.894. The Morgan fingerprint density at radius 3 is 2.47 bits per heavy atom. The molecule has 0 aliphatic rings. The Kier molecular flexibility index (Phi) is 4.22. The van der Waals surface area contributed by atoms with Gasteiger partial charge in [-0.05, 0) is 11.0 Å². The summed E-state index contributed by atoms with van der Waals surface area (Å²) in [5.74, 6) is 0. The van der Waals surface area contributed by atoms with Crippen molar-refractivity contribution < 1.29 is 0 Å². The van der Waals surface area contributed by atoms with E-state index in [9.17, 15) is 0 Å². The van der Waals surface area contributed by atoms with Crippen molar-refractivity contribution in [2.45, 2.75) is 27.3 Å². The number of benzene rings is 1. The Morgan fingerprint density at radius 1 is 1.21 bits per heavy atom. The zero-order valence-corrected chi connectivity index (χ0v) is 12.6. The number of nitrogens with two attached hydrogens (primary N) is 1. The van der Waals surface area contributed by atoms with E-state index in [-0.39, 0.29) is 5.41 Å². The second-order valence-electron chi connectivity index (χ2n) is 5.85. The van der Waals surface area contributed by atoms with Crippen LogP contribution in [0.2, 0.25) is 0 Å². The van der Waals surface area contributed by atoms with Crippen molar-refractivity contribution in [1.29, 1.82) is 0 Å². The summed E-state index contributed by atoms with van der Waals surface area (Å²) in [6.45, 7) is 8.13. The number of hydrogen-bond acceptors (Lipinski definition) is 4. The van der Waals surface area contributed by atoms with Gasteiger partial charge in [-0.25, -0.2) is 4.98 Å². The molecule has 0 saturated carbocycles. The van der Waals surface area contributed by atoms with Crippen LogP contribution in [0.1, 0.15) is 26.3 Å². The van der Waals surface area contributed by atoms with Crippen molar-refractivity contribution in [3.8, 4) is 11.3 Å². The van der Waals surface area contributed by atoms with E-state index < -0.39 is 0 Å². The first kappa shape index (κ1) is 14.0. The molecule has 1 aromatic carbocycles. The first-order valence-corrected chi connectivity index (χ1v) is 7.35. The molecular formula is C15H21N3S. The average molecular weight is 275 g/mol. The van der Waals surface area contributed by atoms with Crippen LogP contribution in [-0.4, -0.2) is 11.5 Å². The molecule has 1 heterocycles. The first-order chi connectivity index (χ1) is 8.98. The van der Waals surface area contributed by atoms with Crippen LogP contribution < -0.4 is 11.1 Å². The number of hydrogen-bond donors (Lipinski definition) is 2. The molecule has 1 aromatic heterocycles. The third-order valence-electron chi connectivity index (χ3n) is 2.76. The predicted molar refractivity (Wildman–Crippen MR) is 83.4 cm³/mol. The summed E-state index contributed by atoms with van der Waals surface area (Å²) in [6, 6.07) is 8.25. The number of rotatable bonds is 4. The molecule has 0 aliphatic heterocycles. The summed E-state index contributed by atoms with van der Waals surface area (Å²) in [6.07, 6.45) is 0. The van der Waals surface area contributed by atoms with Crippen LogP contribution in [0, 0.1) is 5.41 Å². The minimum absolute atomic E-state index is 0.259. The Balaban J connectivity index is 2.07. The fraction of sp³-hybridized carbons (Fsp3) is 0.400. The third-order valence-corrected chi connectivity index (χ3v) is 3.56. The summed E-state index contributed by atoms with van der Waals surface area (Å²) in [5.41, 5.74) is 9.16. The molecule has 102 valence electrons. The maximum absolute atomic E-state index is 5.60. The zero-order valence-electron chi connectivity index (χ0n) is 11.7. The number of nitrogens with one attached hydrogen (secondary N) is 1. The summed E-state index contributed by atoms with van der Waals surface area (Å²) >= 11 is 1.65. The largest absolute Gasteiger partial charge is 0.361 e. The molecule has 0 amide bonds. The van der Waals surface area contributed by atoms with Crippen LogP contribution in [0.25, 0.3) is 11.3 Å². The van der Waals surface area contributed by atoms with Crippen molar-refractivity contribution in [3.63, 3.8) is 0 Å². The fourth-order valence-corrected chi connectivity index (χ4v) is 2.36. The van der Waals surface area contributed by atoms with E-state index in [0.29, 0.717) is 6.54 Å². The molecular weight excluding hydrogens is 254 g/mol. The van der Waals surface area contributed by atoms with Gasteiger partial charge in [0.25, 0.3) is 0 Å². The summed E-state index contributed by atoms with van der Waals surface area (Å²) in [7, 11) is 0. The Labute approximate surface area is 118 Å². The van der Waals surface area contributed by atoms with Crippen molar-refractivity contribution in [1.82, 2.24) is 4.98 Å². The van der Waals surface area contributed by atoms with Gasteiger partial charge in [0.1, 0.15) is 0 Å². The molecule has 0 saturated heterocycles. The molecule has 0 radical (unpaired) electrons. The second kappa shape index (κ2) is 5.72. The van der Waals surface area contributed by atoms with Crippen molar-refractivity contribution in [2.75, 3.05) is 11.9 Å². The van der Waals surface area contributed by atoms with Crippen LogP contribution in [-0.2, 0) is 6.54 Å². The van der Waals surface area contributed by atoms with E-state index >= 15 is 0 Å². The van der Waals surface area contributed by atoms with Crippen LogP contribution >= 0.6 is 11.3 Å². The highest BCUT2D eigenvalue weighted by atomic mass is 32.1. The van der Waals surface area contributed by atoms with E-state index in [1.807, 2.05) is 0 Å². The molecule has 0 aliphatic carbocycles. The molecule has 0 atom stereocenters. The van der Waals surface area contributed by atoms with Gasteiger partial charge in [-0.3, -0.25) is 0 Å². The zero-order chi connectivity index (χ0) is 13.9. The van der Waals surface area contributed by atoms with E-state index in [4.69, 9.17) is 5.73 Å². The van der Waals surface area contributed by atoms with Gasteiger partial charge in [0.15, 0.2) is 5.13 Å². The highest BCUT2D eigenvalue weighted by Crippen LogP contribution is 2.26. The third kappa shape index (κ3) is 4.04. The predicted octanol–water partition coefficient (Wildman–Crippen LogP) is 3.73. The number of anilines is 1. The Morgan fingerprint density at radius 2 is 1.89 bits per heavy atom. The SMILES string of the molecule is CC(C)(C)CNc1nc(-c2ccc(CN)cc2)cs1. The van der Waals surface area contributed by atoms with Crippen LogP contribution in [0.3, 0.4) is 0 Å². The number of thiazole rings is 1. The van der Waals surface area contributed by atoms with Gasteiger partial charge < -0.3 is 11.1 Å². The van der Waals surface area contributed by atoms with E-state index in [1.54, 1.807) is 11.3 Å². The van der Waals surface area contributed by atoms with Crippen molar-refractivity contribution >= 4 is 16.5 Å². The summed E-state index contributed by atoms with van der Waals surface area (Å²) < 4.78 is 0. The minimum Gasteiger partial charge on any atom is -0.361 e. The molecule has 0 fully saturated rings. The van der Waals surface area contributed by atoms with E-state index in [0.717, 1.165) is 28.5 Å². The first-order valence-electron chi connectivity index (χ1n) is 6.47. The lowest BCUT2D eigenvalue weighted by Gasteiger charge is -2.17. The van der Waals surface area contributed by atoms with Crippen LogP contribution in [0.15, 0.2) is 29.6 Å². The van der Waals surface area contributed by atoms with E-state index in [2.05, 4.69) is 60.7 Å². The van der Waals surface area contributed by atoms with Gasteiger partial charge in [-0.1, -0.05) is 45.0 Å². The lowest BCUT2D eigenvalue weighted by atomic mass is 9.97. The fourth-order valence-electron chi connectivity index (χ4n) is 1.64. The van der Waals surface area contributed by atoms with E-state index in [1.165, 1.54) is 0 Å². The molecule has 19 heavy (non-hydrogen) atoms. The van der Waals surface area contributed by atoms with Gasteiger partial charge in [-0.2, -0.15) is 0 Å².